The molecule has 3 rings (SSSR count). The number of hydrogen-bond donors (Lipinski definition) is 3. The number of thioether (sulfide) groups is 1. The Bertz CT molecular complexity index is 865. The Morgan fingerprint density at radius 1 is 1.36 bits per heavy atom. The van der Waals surface area contributed by atoms with Crippen molar-refractivity contribution in [3.63, 3.8) is 0 Å². The largest absolute Gasteiger partial charge is 0.453 e. The van der Waals surface area contributed by atoms with Crippen molar-refractivity contribution >= 4 is 30.0 Å². The molecular formula is C24H38N4O4S. The molecule has 4 atom stereocenters. The standard InChI is InChI=1S/C24H38N4O4S/c1-15(2)33-22-19(13-25-28(22)10-9-24(3,4)27-23(31)32-5)21(30)26-20-17-8-6-7-16(11-17)12-18(20)14-29/h9-10,13,15-18,20,29H,6-8,11-12,14H2,1-5H3,(H,26,30)(H,27,31)/b10-9+/t16?,17?,18?,20-/m1/s1. The van der Waals surface area contributed by atoms with Gasteiger partial charge in [-0.25, -0.2) is 9.48 Å². The summed E-state index contributed by atoms with van der Waals surface area (Å²) in [6.07, 6.45) is 10.3. The molecule has 0 spiro atoms. The number of carbonyl (C=O) groups excluding carboxylic acids is 2. The molecule has 2 saturated carbocycles. The van der Waals surface area contributed by atoms with E-state index in [1.807, 2.05) is 19.9 Å². The van der Waals surface area contributed by atoms with Crippen molar-refractivity contribution in [1.29, 1.82) is 0 Å². The number of nitrogens with one attached hydrogen (secondary N) is 2. The highest BCUT2D eigenvalue weighted by Gasteiger charge is 2.40. The summed E-state index contributed by atoms with van der Waals surface area (Å²) >= 11 is 1.57. The number of aliphatic hydroxyl groups excluding tert-OH is 1. The summed E-state index contributed by atoms with van der Waals surface area (Å²) in [4.78, 5) is 25.0. The zero-order valence-corrected chi connectivity index (χ0v) is 21.2. The van der Waals surface area contributed by atoms with Gasteiger partial charge in [0.2, 0.25) is 0 Å². The van der Waals surface area contributed by atoms with Crippen LogP contribution in [0.3, 0.4) is 0 Å². The van der Waals surface area contributed by atoms with Crippen LogP contribution in [0.4, 0.5) is 4.79 Å². The number of methoxy groups -OCH3 is 1. The van der Waals surface area contributed by atoms with Gasteiger partial charge in [0, 0.05) is 30.0 Å². The molecule has 0 aliphatic heterocycles. The maximum absolute atomic E-state index is 13.4. The van der Waals surface area contributed by atoms with Crippen LogP contribution in [0.15, 0.2) is 17.3 Å². The number of alkyl carbamates (subject to hydrolysis) is 1. The summed E-state index contributed by atoms with van der Waals surface area (Å²) in [6, 6.07) is -0.00182. The number of aromatic nitrogens is 2. The Morgan fingerprint density at radius 3 is 2.79 bits per heavy atom. The van der Waals surface area contributed by atoms with Crippen molar-refractivity contribution in [2.24, 2.45) is 17.8 Å². The summed E-state index contributed by atoms with van der Waals surface area (Å²) in [5.41, 5.74) is -0.124. The second kappa shape index (κ2) is 11.0. The smallest absolute Gasteiger partial charge is 0.407 e. The predicted octanol–water partition coefficient (Wildman–Crippen LogP) is 3.91. The fraction of sp³-hybridized carbons (Fsp3) is 0.708. The SMILES string of the molecule is COC(=O)NC(C)(C)/C=C/n1ncc(C(=O)N[C@H]2C(CO)CC3CCCC2C3)c1SC(C)C. The Kier molecular flexibility index (Phi) is 8.50. The maximum Gasteiger partial charge on any atom is 0.407 e. The van der Waals surface area contributed by atoms with E-state index in [2.05, 4.69) is 34.3 Å². The van der Waals surface area contributed by atoms with E-state index in [0.717, 1.165) is 24.3 Å². The molecule has 0 aromatic carbocycles. The lowest BCUT2D eigenvalue weighted by Crippen LogP contribution is -2.51. The average molecular weight is 479 g/mol. The molecule has 33 heavy (non-hydrogen) atoms. The van der Waals surface area contributed by atoms with E-state index in [1.54, 1.807) is 28.8 Å². The lowest BCUT2D eigenvalue weighted by Gasteiger charge is -2.45. The molecule has 1 heterocycles. The van der Waals surface area contributed by atoms with Gasteiger partial charge in [0.1, 0.15) is 5.03 Å². The van der Waals surface area contributed by atoms with Gasteiger partial charge >= 0.3 is 6.09 Å². The molecule has 1 aromatic rings. The first-order chi connectivity index (χ1) is 15.6. The van der Waals surface area contributed by atoms with Gasteiger partial charge in [-0.05, 0) is 51.0 Å². The molecule has 0 saturated heterocycles. The lowest BCUT2D eigenvalue weighted by atomic mass is 9.65. The minimum absolute atomic E-state index is 0.00182. The fourth-order valence-electron chi connectivity index (χ4n) is 5.05. The molecule has 2 aliphatic carbocycles. The number of amides is 2. The van der Waals surface area contributed by atoms with E-state index in [0.29, 0.717) is 17.4 Å². The van der Waals surface area contributed by atoms with Gasteiger partial charge in [0.15, 0.2) is 0 Å². The molecular weight excluding hydrogens is 440 g/mol. The first kappa shape index (κ1) is 25.6. The first-order valence-corrected chi connectivity index (χ1v) is 12.7. The zero-order chi connectivity index (χ0) is 24.2. The Hall–Kier alpha value is -2.00. The van der Waals surface area contributed by atoms with E-state index in [-0.39, 0.29) is 29.7 Å². The third-order valence-electron chi connectivity index (χ3n) is 6.59. The minimum Gasteiger partial charge on any atom is -0.453 e. The maximum atomic E-state index is 13.4. The Morgan fingerprint density at radius 2 is 2.12 bits per heavy atom. The lowest BCUT2D eigenvalue weighted by molar-refractivity contribution is 0.0475. The van der Waals surface area contributed by atoms with Crippen LogP contribution in [0.2, 0.25) is 0 Å². The quantitative estimate of drug-likeness (QED) is 0.489. The fourth-order valence-corrected chi connectivity index (χ4v) is 5.99. The van der Waals surface area contributed by atoms with Crippen molar-refractivity contribution in [3.05, 3.63) is 17.8 Å². The molecule has 2 aliphatic rings. The van der Waals surface area contributed by atoms with Gasteiger partial charge in [-0.15, -0.1) is 11.8 Å². The third-order valence-corrected chi connectivity index (χ3v) is 7.69. The molecule has 3 N–H and O–H groups in total. The minimum atomic E-state index is -0.658. The number of aliphatic hydroxyl groups is 1. The molecule has 2 bridgehead atoms. The van der Waals surface area contributed by atoms with E-state index in [4.69, 9.17) is 0 Å². The summed E-state index contributed by atoms with van der Waals surface area (Å²) in [5, 5.41) is 21.4. The van der Waals surface area contributed by atoms with Crippen molar-refractivity contribution in [2.75, 3.05) is 13.7 Å². The van der Waals surface area contributed by atoms with Gasteiger partial charge in [0.05, 0.1) is 24.4 Å². The van der Waals surface area contributed by atoms with Crippen molar-refractivity contribution < 1.29 is 19.4 Å². The number of fused-ring (bicyclic) bond motifs is 2. The third kappa shape index (κ3) is 6.53. The second-order valence-corrected chi connectivity index (χ2v) is 11.7. The number of ether oxygens (including phenoxy) is 1. The molecule has 2 fully saturated rings. The van der Waals surface area contributed by atoms with Gasteiger partial charge in [0.25, 0.3) is 5.91 Å². The molecule has 3 unspecified atom stereocenters. The summed E-state index contributed by atoms with van der Waals surface area (Å²) < 4.78 is 6.37. The van der Waals surface area contributed by atoms with E-state index in [9.17, 15) is 14.7 Å². The van der Waals surface area contributed by atoms with Crippen LogP contribution in [-0.4, -0.2) is 57.4 Å². The van der Waals surface area contributed by atoms with Gasteiger partial charge < -0.3 is 20.5 Å². The van der Waals surface area contributed by atoms with Crippen LogP contribution in [0.5, 0.6) is 0 Å². The molecule has 2 amide bonds. The molecule has 8 nitrogen and oxygen atoms in total. The highest BCUT2D eigenvalue weighted by Crippen LogP contribution is 2.42. The van der Waals surface area contributed by atoms with Gasteiger partial charge in [-0.3, -0.25) is 4.79 Å². The number of nitrogens with zero attached hydrogens (tertiary/aromatic N) is 2. The summed E-state index contributed by atoms with van der Waals surface area (Å²) in [5.74, 6) is 1.08. The Labute approximate surface area is 200 Å². The Balaban J connectivity index is 1.80. The number of rotatable bonds is 8. The first-order valence-electron chi connectivity index (χ1n) is 11.8. The summed E-state index contributed by atoms with van der Waals surface area (Å²) in [7, 11) is 1.33. The average Bonchev–Trinajstić information content (AvgIpc) is 3.15. The summed E-state index contributed by atoms with van der Waals surface area (Å²) in [6.45, 7) is 7.95. The normalized spacial score (nSPS) is 25.3. The van der Waals surface area contributed by atoms with Crippen LogP contribution in [-0.2, 0) is 4.74 Å². The number of carbonyl (C=O) groups is 2. The van der Waals surface area contributed by atoms with Crippen molar-refractivity contribution in [3.8, 4) is 0 Å². The van der Waals surface area contributed by atoms with E-state index >= 15 is 0 Å². The van der Waals surface area contributed by atoms with E-state index in [1.165, 1.54) is 20.0 Å². The second-order valence-electron chi connectivity index (χ2n) is 10.1. The van der Waals surface area contributed by atoms with Gasteiger partial charge in [-0.2, -0.15) is 5.10 Å². The molecule has 9 heteroatoms. The van der Waals surface area contributed by atoms with E-state index < -0.39 is 11.6 Å². The zero-order valence-electron chi connectivity index (χ0n) is 20.3. The number of hydrogen-bond acceptors (Lipinski definition) is 6. The van der Waals surface area contributed by atoms with Crippen LogP contribution >= 0.6 is 11.8 Å². The van der Waals surface area contributed by atoms with Crippen LogP contribution in [0, 0.1) is 17.8 Å². The monoisotopic (exact) mass is 478 g/mol. The van der Waals surface area contributed by atoms with Crippen LogP contribution < -0.4 is 10.6 Å². The van der Waals surface area contributed by atoms with Crippen molar-refractivity contribution in [1.82, 2.24) is 20.4 Å². The highest BCUT2D eigenvalue weighted by atomic mass is 32.2. The molecule has 0 radical (unpaired) electrons. The highest BCUT2D eigenvalue weighted by molar-refractivity contribution is 7.99. The van der Waals surface area contributed by atoms with Crippen LogP contribution in [0.25, 0.3) is 6.20 Å². The molecule has 184 valence electrons. The predicted molar refractivity (Wildman–Crippen MR) is 130 cm³/mol. The molecule has 1 aromatic heterocycles. The van der Waals surface area contributed by atoms with Gasteiger partial charge in [-0.1, -0.05) is 26.7 Å². The topological polar surface area (TPSA) is 105 Å². The van der Waals surface area contributed by atoms with Crippen LogP contribution in [0.1, 0.15) is 70.2 Å². The van der Waals surface area contributed by atoms with Crippen molar-refractivity contribution in [2.45, 2.75) is 81.7 Å².